The Morgan fingerprint density at radius 3 is 1.09 bits per heavy atom. The van der Waals surface area contributed by atoms with E-state index in [0.29, 0.717) is 33.8 Å². The number of hydrogen-bond acceptors (Lipinski definition) is 8. The third kappa shape index (κ3) is 8.89. The largest absolute Gasteiger partial charge is 0.490 e. The Labute approximate surface area is 340 Å². The van der Waals surface area contributed by atoms with E-state index in [-0.39, 0.29) is 36.8 Å². The molecule has 6 aromatic carbocycles. The average molecular weight is 822 g/mol. The predicted molar refractivity (Wildman–Crippen MR) is 223 cm³/mol. The molecular weight excluding hydrogens is 778 g/mol. The van der Waals surface area contributed by atoms with Crippen LogP contribution in [0.25, 0.3) is 11.1 Å². The van der Waals surface area contributed by atoms with E-state index in [4.69, 9.17) is 25.8 Å². The van der Waals surface area contributed by atoms with E-state index in [9.17, 15) is 16.8 Å². The fraction of sp³-hybridized carbons (Fsp3) is 0.217. The van der Waals surface area contributed by atoms with E-state index >= 15 is 0 Å². The normalized spacial score (nSPS) is 15.8. The van der Waals surface area contributed by atoms with E-state index in [1.165, 1.54) is 24.3 Å². The van der Waals surface area contributed by atoms with Gasteiger partial charge < -0.3 is 14.2 Å². The van der Waals surface area contributed by atoms with Crippen LogP contribution in [0.5, 0.6) is 28.7 Å². The van der Waals surface area contributed by atoms with Crippen LogP contribution in [0.1, 0.15) is 40.5 Å². The number of sulfone groups is 2. The van der Waals surface area contributed by atoms with Crippen molar-refractivity contribution in [3.8, 4) is 39.9 Å². The Morgan fingerprint density at radius 1 is 0.474 bits per heavy atom. The summed E-state index contributed by atoms with van der Waals surface area (Å²) in [5.74, 6) is 2.86. The zero-order chi connectivity index (χ0) is 40.6. The number of ether oxygens (including phenoxy) is 3. The van der Waals surface area contributed by atoms with Gasteiger partial charge in [-0.2, -0.15) is 0 Å². The highest BCUT2D eigenvalue weighted by molar-refractivity contribution is 7.91. The van der Waals surface area contributed by atoms with Crippen LogP contribution in [0.15, 0.2) is 165 Å². The van der Waals surface area contributed by atoms with Crippen molar-refractivity contribution in [2.75, 3.05) is 7.05 Å². The molecule has 1 heterocycles. The van der Waals surface area contributed by atoms with Gasteiger partial charge in [0, 0.05) is 28.9 Å². The van der Waals surface area contributed by atoms with Crippen molar-refractivity contribution in [2.45, 2.75) is 77.3 Å². The van der Waals surface area contributed by atoms with Crippen LogP contribution in [-0.2, 0) is 19.7 Å². The summed E-state index contributed by atoms with van der Waals surface area (Å²) in [5.41, 5.74) is 1.88. The maximum absolute atomic E-state index is 13.5. The lowest BCUT2D eigenvalue weighted by atomic mass is 9.79. The average Bonchev–Trinajstić information content (AvgIpc) is 3.18. The maximum atomic E-state index is 13.5. The Hall–Kier alpha value is -5.13. The molecule has 1 saturated heterocycles. The van der Waals surface area contributed by atoms with Gasteiger partial charge >= 0.3 is 0 Å². The number of likely N-dealkylation sites (tertiary alicyclic amines) is 1. The number of piperidine rings is 1. The molecule has 0 aliphatic carbocycles. The molecule has 11 heteroatoms. The quantitative estimate of drug-likeness (QED) is 0.127. The third-order valence-corrected chi connectivity index (χ3v) is 14.4. The number of hydrogen-bond donors (Lipinski definition) is 0. The summed E-state index contributed by atoms with van der Waals surface area (Å²) in [6.07, 6.45) is 1.78. The molecule has 1 aliphatic rings. The van der Waals surface area contributed by atoms with Gasteiger partial charge in [0.2, 0.25) is 19.7 Å². The highest BCUT2D eigenvalue weighted by Gasteiger charge is 2.44. The Kier molecular flexibility index (Phi) is 11.0. The first-order chi connectivity index (χ1) is 27.0. The lowest BCUT2D eigenvalue weighted by Gasteiger charge is -2.53. The topological polar surface area (TPSA) is 99.2 Å². The second-order valence-electron chi connectivity index (χ2n) is 15.5. The molecule has 6 aromatic rings. The molecule has 1 fully saturated rings. The van der Waals surface area contributed by atoms with Crippen molar-refractivity contribution >= 4 is 31.3 Å². The van der Waals surface area contributed by atoms with Crippen molar-refractivity contribution in [1.82, 2.24) is 4.90 Å². The second kappa shape index (κ2) is 15.7. The van der Waals surface area contributed by atoms with Crippen LogP contribution in [0, 0.1) is 0 Å². The van der Waals surface area contributed by atoms with Crippen LogP contribution >= 0.6 is 11.6 Å². The Balaban J connectivity index is 0.934. The standard InChI is InChI=1S/C46H44ClNO7S2/c1-45(2)30-40(31-46(3,4)48(45)5)55-39-20-28-44(29-21-39)57(51,52)43-26-18-38(19-27-43)54-36-14-8-33(9-15-36)32-6-12-35(13-7-32)53-37-16-24-42(25-17-37)56(49,50)41-22-10-34(47)11-23-41/h6-29,40H,30-31H2,1-5H3. The van der Waals surface area contributed by atoms with E-state index in [2.05, 4.69) is 39.6 Å². The fourth-order valence-electron chi connectivity index (χ4n) is 7.22. The zero-order valence-electron chi connectivity index (χ0n) is 32.3. The van der Waals surface area contributed by atoms with Crippen molar-refractivity contribution < 1.29 is 31.0 Å². The second-order valence-corrected chi connectivity index (χ2v) is 19.8. The van der Waals surface area contributed by atoms with Crippen LogP contribution in [0.3, 0.4) is 0 Å². The molecular formula is C46H44ClNO7S2. The van der Waals surface area contributed by atoms with Gasteiger partial charge in [-0.25, -0.2) is 16.8 Å². The lowest BCUT2D eigenvalue weighted by molar-refractivity contribution is -0.0556. The Bertz CT molecular complexity index is 2540. The summed E-state index contributed by atoms with van der Waals surface area (Å²) in [5, 5.41) is 0.465. The molecule has 294 valence electrons. The van der Waals surface area contributed by atoms with Gasteiger partial charge in [0.05, 0.1) is 19.6 Å². The highest BCUT2D eigenvalue weighted by atomic mass is 35.5. The van der Waals surface area contributed by atoms with Gasteiger partial charge in [-0.15, -0.1) is 0 Å². The molecule has 0 spiro atoms. The van der Waals surface area contributed by atoms with Gasteiger partial charge in [-0.1, -0.05) is 35.9 Å². The maximum Gasteiger partial charge on any atom is 0.206 e. The van der Waals surface area contributed by atoms with Gasteiger partial charge in [0.1, 0.15) is 34.9 Å². The van der Waals surface area contributed by atoms with Crippen LogP contribution in [-0.4, -0.2) is 46.0 Å². The summed E-state index contributed by atoms with van der Waals surface area (Å²) in [6.45, 7) is 8.89. The molecule has 0 bridgehead atoms. The molecule has 1 aliphatic heterocycles. The number of halogens is 1. The summed E-state index contributed by atoms with van der Waals surface area (Å²) in [7, 11) is -5.28. The van der Waals surface area contributed by atoms with E-state index in [1.54, 1.807) is 72.8 Å². The molecule has 0 unspecified atom stereocenters. The fourth-order valence-corrected chi connectivity index (χ4v) is 9.86. The van der Waals surface area contributed by atoms with Crippen LogP contribution in [0.2, 0.25) is 5.02 Å². The molecule has 0 aromatic heterocycles. The molecule has 0 atom stereocenters. The van der Waals surface area contributed by atoms with Gasteiger partial charge in [-0.05, 0) is 167 Å². The zero-order valence-corrected chi connectivity index (χ0v) is 34.7. The minimum atomic E-state index is -3.75. The smallest absolute Gasteiger partial charge is 0.206 e. The first-order valence-corrected chi connectivity index (χ1v) is 21.9. The highest BCUT2D eigenvalue weighted by Crippen LogP contribution is 2.39. The summed E-state index contributed by atoms with van der Waals surface area (Å²) >= 11 is 5.91. The van der Waals surface area contributed by atoms with Gasteiger partial charge in [-0.3, -0.25) is 4.90 Å². The monoisotopic (exact) mass is 821 g/mol. The van der Waals surface area contributed by atoms with E-state index < -0.39 is 19.7 Å². The first kappa shape index (κ1) is 40.1. The van der Waals surface area contributed by atoms with Crippen LogP contribution < -0.4 is 14.2 Å². The molecule has 7 rings (SSSR count). The molecule has 0 saturated carbocycles. The van der Waals surface area contributed by atoms with Crippen molar-refractivity contribution in [3.05, 3.63) is 151 Å². The summed E-state index contributed by atoms with van der Waals surface area (Å²) in [4.78, 5) is 3.09. The van der Waals surface area contributed by atoms with Crippen molar-refractivity contribution in [3.63, 3.8) is 0 Å². The Morgan fingerprint density at radius 2 is 0.754 bits per heavy atom. The lowest BCUT2D eigenvalue weighted by Crippen LogP contribution is -2.60. The van der Waals surface area contributed by atoms with Crippen molar-refractivity contribution in [1.29, 1.82) is 0 Å². The van der Waals surface area contributed by atoms with E-state index in [1.807, 2.05) is 48.5 Å². The number of benzene rings is 6. The van der Waals surface area contributed by atoms with Gasteiger partial charge in [0.25, 0.3) is 0 Å². The third-order valence-electron chi connectivity index (χ3n) is 10.6. The molecule has 8 nitrogen and oxygen atoms in total. The van der Waals surface area contributed by atoms with Gasteiger partial charge in [0.15, 0.2) is 0 Å². The number of nitrogens with zero attached hydrogens (tertiary/aromatic N) is 1. The summed E-state index contributed by atoms with van der Waals surface area (Å²) < 4.78 is 71.2. The first-order valence-electron chi connectivity index (χ1n) is 18.5. The van der Waals surface area contributed by atoms with E-state index in [0.717, 1.165) is 24.0 Å². The molecule has 57 heavy (non-hydrogen) atoms. The molecule has 0 radical (unpaired) electrons. The molecule has 0 N–H and O–H groups in total. The predicted octanol–water partition coefficient (Wildman–Crippen LogP) is 11.3. The minimum Gasteiger partial charge on any atom is -0.490 e. The molecule has 0 amide bonds. The van der Waals surface area contributed by atoms with Crippen molar-refractivity contribution in [2.24, 2.45) is 0 Å². The summed E-state index contributed by atoms with van der Waals surface area (Å²) in [6, 6.07) is 40.5. The number of rotatable bonds is 11. The minimum absolute atomic E-state index is 0.0184. The SMILES string of the molecule is CN1C(C)(C)CC(Oc2ccc(S(=O)(=O)c3ccc(Oc4ccc(-c5ccc(Oc6ccc(S(=O)(=O)c7ccc(Cl)cc7)cc6)cc5)cc4)cc3)cc2)CC1(C)C. The van der Waals surface area contributed by atoms with Crippen LogP contribution in [0.4, 0.5) is 0 Å².